The molecule has 0 radical (unpaired) electrons. The zero-order chi connectivity index (χ0) is 24.0. The van der Waals surface area contributed by atoms with Crippen molar-refractivity contribution in [2.75, 3.05) is 4.90 Å². The van der Waals surface area contributed by atoms with Gasteiger partial charge in [-0.2, -0.15) is 0 Å². The molecule has 34 heavy (non-hydrogen) atoms. The van der Waals surface area contributed by atoms with Crippen LogP contribution in [0.2, 0.25) is 10.0 Å². The Morgan fingerprint density at radius 1 is 1.09 bits per heavy atom. The SMILES string of the molecule is Cc1c(Cl)cccc1N1C(=N)/C(=C(/O)c2ccc(Cl)cc2)C(c2cccs2)C2=C1CCCC2=O. The highest BCUT2D eigenvalue weighted by Crippen LogP contribution is 2.49. The van der Waals surface area contributed by atoms with E-state index in [9.17, 15) is 15.3 Å². The van der Waals surface area contributed by atoms with E-state index in [-0.39, 0.29) is 17.4 Å². The molecular formula is C27H22Cl2N2O2S. The van der Waals surface area contributed by atoms with E-state index in [0.29, 0.717) is 39.6 Å². The highest BCUT2D eigenvalue weighted by Gasteiger charge is 2.43. The van der Waals surface area contributed by atoms with Gasteiger partial charge in [0.15, 0.2) is 5.78 Å². The second-order valence-electron chi connectivity index (χ2n) is 8.42. The molecule has 2 aromatic carbocycles. The van der Waals surface area contributed by atoms with Gasteiger partial charge in [0.2, 0.25) is 0 Å². The summed E-state index contributed by atoms with van der Waals surface area (Å²) in [5.41, 5.74) is 3.97. The minimum atomic E-state index is -0.512. The summed E-state index contributed by atoms with van der Waals surface area (Å²) in [7, 11) is 0. The van der Waals surface area contributed by atoms with E-state index in [4.69, 9.17) is 23.2 Å². The number of nitrogens with zero attached hydrogens (tertiary/aromatic N) is 1. The van der Waals surface area contributed by atoms with Gasteiger partial charge in [-0.25, -0.2) is 0 Å². The summed E-state index contributed by atoms with van der Waals surface area (Å²) in [6.07, 6.45) is 1.85. The second kappa shape index (κ2) is 9.06. The smallest absolute Gasteiger partial charge is 0.161 e. The first-order valence-corrected chi connectivity index (χ1v) is 12.6. The number of hydrogen-bond acceptors (Lipinski definition) is 4. The Kier molecular flexibility index (Phi) is 6.11. The lowest BCUT2D eigenvalue weighted by molar-refractivity contribution is -0.116. The first-order valence-electron chi connectivity index (χ1n) is 11.0. The van der Waals surface area contributed by atoms with Gasteiger partial charge in [-0.05, 0) is 73.2 Å². The number of amidine groups is 1. The van der Waals surface area contributed by atoms with Crippen LogP contribution < -0.4 is 4.90 Å². The Hall–Kier alpha value is -2.86. The molecule has 0 saturated carbocycles. The lowest BCUT2D eigenvalue weighted by Gasteiger charge is -2.42. The number of rotatable bonds is 3. The van der Waals surface area contributed by atoms with Crippen molar-refractivity contribution >= 4 is 57.6 Å². The van der Waals surface area contributed by atoms with Crippen LogP contribution in [0.1, 0.15) is 41.2 Å². The number of halogens is 2. The van der Waals surface area contributed by atoms with Crippen molar-refractivity contribution in [2.24, 2.45) is 0 Å². The van der Waals surface area contributed by atoms with Crippen LogP contribution in [0.5, 0.6) is 0 Å². The van der Waals surface area contributed by atoms with Crippen LogP contribution in [0.25, 0.3) is 5.76 Å². The molecule has 2 N–H and O–H groups in total. The highest BCUT2D eigenvalue weighted by molar-refractivity contribution is 7.10. The lowest BCUT2D eigenvalue weighted by atomic mass is 9.75. The average molecular weight is 509 g/mol. The fourth-order valence-electron chi connectivity index (χ4n) is 4.80. The number of aliphatic hydroxyl groups excluding tert-OH is 1. The highest BCUT2D eigenvalue weighted by atomic mass is 35.5. The second-order valence-corrected chi connectivity index (χ2v) is 10.2. The molecule has 0 saturated heterocycles. The van der Waals surface area contributed by atoms with Crippen molar-refractivity contribution in [3.63, 3.8) is 0 Å². The normalized spacial score (nSPS) is 20.0. The number of carbonyl (C=O) groups excluding carboxylic acids is 1. The zero-order valence-corrected chi connectivity index (χ0v) is 20.8. The molecule has 172 valence electrons. The van der Waals surface area contributed by atoms with Gasteiger partial charge in [0.25, 0.3) is 0 Å². The molecule has 5 rings (SSSR count). The van der Waals surface area contributed by atoms with Gasteiger partial charge in [-0.1, -0.05) is 35.3 Å². The third kappa shape index (κ3) is 3.78. The summed E-state index contributed by atoms with van der Waals surface area (Å²) in [5.74, 6) is -0.348. The molecule has 1 unspecified atom stereocenters. The average Bonchev–Trinajstić information content (AvgIpc) is 3.35. The van der Waals surface area contributed by atoms with Crippen molar-refractivity contribution in [3.8, 4) is 0 Å². The van der Waals surface area contributed by atoms with Crippen molar-refractivity contribution in [2.45, 2.75) is 32.1 Å². The Balaban J connectivity index is 1.83. The van der Waals surface area contributed by atoms with Gasteiger partial charge in [0.05, 0.1) is 17.2 Å². The summed E-state index contributed by atoms with van der Waals surface area (Å²) in [6, 6.07) is 16.3. The maximum absolute atomic E-state index is 13.4. The number of carbonyl (C=O) groups is 1. The Morgan fingerprint density at radius 2 is 1.85 bits per heavy atom. The Bertz CT molecular complexity index is 1360. The number of hydrogen-bond donors (Lipinski definition) is 2. The molecule has 0 fully saturated rings. The molecule has 0 bridgehead atoms. The van der Waals surface area contributed by atoms with Crippen LogP contribution in [-0.4, -0.2) is 16.7 Å². The van der Waals surface area contributed by atoms with E-state index in [1.54, 1.807) is 29.2 Å². The zero-order valence-electron chi connectivity index (χ0n) is 18.4. The molecule has 1 aromatic heterocycles. The van der Waals surface area contributed by atoms with E-state index in [0.717, 1.165) is 28.2 Å². The predicted molar refractivity (Wildman–Crippen MR) is 140 cm³/mol. The molecular weight excluding hydrogens is 487 g/mol. The molecule has 1 atom stereocenters. The van der Waals surface area contributed by atoms with E-state index in [1.165, 1.54) is 11.3 Å². The van der Waals surface area contributed by atoms with Gasteiger partial charge in [-0.3, -0.25) is 15.1 Å². The molecule has 4 nitrogen and oxygen atoms in total. The number of nitrogens with one attached hydrogen (secondary N) is 1. The molecule has 2 aliphatic rings. The molecule has 7 heteroatoms. The summed E-state index contributed by atoms with van der Waals surface area (Å²) in [5, 5.41) is 24.0. The molecule has 2 heterocycles. The molecule has 0 spiro atoms. The summed E-state index contributed by atoms with van der Waals surface area (Å²) >= 11 is 14.0. The van der Waals surface area contributed by atoms with Gasteiger partial charge < -0.3 is 5.11 Å². The van der Waals surface area contributed by atoms with E-state index in [1.807, 2.05) is 42.6 Å². The minimum absolute atomic E-state index is 0.0327. The maximum atomic E-state index is 13.4. The topological polar surface area (TPSA) is 64.4 Å². The fraction of sp³-hybridized carbons (Fsp3) is 0.185. The first-order chi connectivity index (χ1) is 16.4. The Morgan fingerprint density at radius 3 is 2.56 bits per heavy atom. The van der Waals surface area contributed by atoms with Crippen molar-refractivity contribution in [3.05, 3.63) is 103 Å². The number of allylic oxidation sites excluding steroid dienone is 2. The standard InChI is InChI=1S/C27H22Cl2N2O2S/c1-15-18(29)5-2-6-19(15)31-20-7-3-8-21(32)23(20)24(22-9-4-14-34-22)25(27(31)30)26(33)16-10-12-17(28)13-11-16/h2,4-6,9-14,24,30,33H,3,7-8H2,1H3/b26-25+,30-27?. The number of ketones is 1. The van der Waals surface area contributed by atoms with Gasteiger partial charge in [0, 0.05) is 38.2 Å². The number of Topliss-reactive ketones (excluding diaryl/α,β-unsaturated/α-hetero) is 1. The number of aliphatic hydroxyl groups is 1. The van der Waals surface area contributed by atoms with Crippen LogP contribution in [-0.2, 0) is 4.79 Å². The van der Waals surface area contributed by atoms with E-state index < -0.39 is 5.92 Å². The summed E-state index contributed by atoms with van der Waals surface area (Å²) in [6.45, 7) is 1.91. The third-order valence-corrected chi connectivity index (χ3v) is 8.03. The minimum Gasteiger partial charge on any atom is -0.507 e. The molecule has 3 aromatic rings. The monoisotopic (exact) mass is 508 g/mol. The third-order valence-electron chi connectivity index (χ3n) is 6.44. The number of anilines is 1. The molecule has 1 aliphatic carbocycles. The molecule has 1 aliphatic heterocycles. The Labute approximate surface area is 212 Å². The van der Waals surface area contributed by atoms with Crippen LogP contribution in [0.4, 0.5) is 5.69 Å². The predicted octanol–water partition coefficient (Wildman–Crippen LogP) is 7.92. The van der Waals surface area contributed by atoms with Crippen molar-refractivity contribution < 1.29 is 9.90 Å². The van der Waals surface area contributed by atoms with Crippen molar-refractivity contribution in [1.29, 1.82) is 5.41 Å². The van der Waals surface area contributed by atoms with Gasteiger partial charge in [0.1, 0.15) is 11.6 Å². The number of benzene rings is 2. The first kappa shape index (κ1) is 22.9. The summed E-state index contributed by atoms with van der Waals surface area (Å²) < 4.78 is 0. The van der Waals surface area contributed by atoms with E-state index >= 15 is 0 Å². The van der Waals surface area contributed by atoms with Crippen molar-refractivity contribution in [1.82, 2.24) is 0 Å². The quantitative estimate of drug-likeness (QED) is 0.353. The van der Waals surface area contributed by atoms with Crippen LogP contribution in [0.3, 0.4) is 0 Å². The van der Waals surface area contributed by atoms with Crippen LogP contribution >= 0.6 is 34.5 Å². The summed E-state index contributed by atoms with van der Waals surface area (Å²) in [4.78, 5) is 16.1. The lowest BCUT2D eigenvalue weighted by Crippen LogP contribution is -2.42. The largest absolute Gasteiger partial charge is 0.507 e. The van der Waals surface area contributed by atoms with Crippen LogP contribution in [0, 0.1) is 12.3 Å². The molecule has 0 amide bonds. The maximum Gasteiger partial charge on any atom is 0.161 e. The fourth-order valence-corrected chi connectivity index (χ4v) is 5.94. The number of thiophene rings is 1. The van der Waals surface area contributed by atoms with Gasteiger partial charge in [-0.15, -0.1) is 11.3 Å². The van der Waals surface area contributed by atoms with Gasteiger partial charge >= 0.3 is 0 Å². The van der Waals surface area contributed by atoms with Crippen LogP contribution in [0.15, 0.2) is 76.8 Å². The van der Waals surface area contributed by atoms with E-state index in [2.05, 4.69) is 0 Å².